The molecule has 0 saturated heterocycles. The van der Waals surface area contributed by atoms with Crippen LogP contribution >= 0.6 is 0 Å². The average Bonchev–Trinajstić information content (AvgIpc) is 2.43. The van der Waals surface area contributed by atoms with E-state index in [2.05, 4.69) is 4.98 Å². The molecule has 1 nitrogen and oxygen atoms in total. The standard InChI is InChI=1S/C16H12FN/c17-16-14-9-5-4-8-13(14)11-18-15(16)10-12-6-2-1-3-7-12/h1-9,11H,10H2. The zero-order valence-electron chi connectivity index (χ0n) is 9.81. The minimum atomic E-state index is -0.211. The van der Waals surface area contributed by atoms with Crippen LogP contribution in [0.5, 0.6) is 0 Å². The van der Waals surface area contributed by atoms with Gasteiger partial charge in [-0.25, -0.2) is 4.39 Å². The van der Waals surface area contributed by atoms with E-state index in [0.29, 0.717) is 17.5 Å². The Morgan fingerprint density at radius 2 is 1.61 bits per heavy atom. The summed E-state index contributed by atoms with van der Waals surface area (Å²) in [6, 6.07) is 17.2. The number of rotatable bonds is 2. The molecule has 0 bridgehead atoms. The Hall–Kier alpha value is -2.22. The highest BCUT2D eigenvalue weighted by molar-refractivity contribution is 5.82. The summed E-state index contributed by atoms with van der Waals surface area (Å²) in [6.07, 6.45) is 2.26. The van der Waals surface area contributed by atoms with Gasteiger partial charge < -0.3 is 0 Å². The zero-order chi connectivity index (χ0) is 12.4. The summed E-state index contributed by atoms with van der Waals surface area (Å²) >= 11 is 0. The van der Waals surface area contributed by atoms with Crippen LogP contribution in [-0.4, -0.2) is 4.98 Å². The first-order chi connectivity index (χ1) is 8.84. The number of hydrogen-bond donors (Lipinski definition) is 0. The maximum atomic E-state index is 14.3. The average molecular weight is 237 g/mol. The van der Waals surface area contributed by atoms with Crippen LogP contribution in [0.25, 0.3) is 10.8 Å². The van der Waals surface area contributed by atoms with Gasteiger partial charge >= 0.3 is 0 Å². The second kappa shape index (κ2) is 4.57. The van der Waals surface area contributed by atoms with Crippen LogP contribution < -0.4 is 0 Å². The smallest absolute Gasteiger partial charge is 0.152 e. The van der Waals surface area contributed by atoms with Gasteiger partial charge in [0.25, 0.3) is 0 Å². The monoisotopic (exact) mass is 237 g/mol. The van der Waals surface area contributed by atoms with Crippen LogP contribution in [0.1, 0.15) is 11.3 Å². The number of aromatic nitrogens is 1. The Morgan fingerprint density at radius 3 is 2.44 bits per heavy atom. The van der Waals surface area contributed by atoms with E-state index in [1.807, 2.05) is 48.5 Å². The highest BCUT2D eigenvalue weighted by Gasteiger charge is 2.08. The van der Waals surface area contributed by atoms with Gasteiger partial charge in [-0.2, -0.15) is 0 Å². The molecule has 2 heteroatoms. The summed E-state index contributed by atoms with van der Waals surface area (Å²) < 4.78 is 14.3. The second-order valence-electron chi connectivity index (χ2n) is 4.27. The molecule has 0 saturated carbocycles. The van der Waals surface area contributed by atoms with Gasteiger partial charge in [-0.15, -0.1) is 0 Å². The van der Waals surface area contributed by atoms with E-state index in [4.69, 9.17) is 0 Å². The Morgan fingerprint density at radius 1 is 0.889 bits per heavy atom. The van der Waals surface area contributed by atoms with E-state index in [9.17, 15) is 4.39 Å². The molecule has 0 spiro atoms. The van der Waals surface area contributed by atoms with E-state index in [1.165, 1.54) is 0 Å². The molecule has 1 aromatic heterocycles. The van der Waals surface area contributed by atoms with E-state index < -0.39 is 0 Å². The number of fused-ring (bicyclic) bond motifs is 1. The van der Waals surface area contributed by atoms with Gasteiger partial charge in [0.05, 0.1) is 5.69 Å². The Kier molecular flexibility index (Phi) is 2.77. The number of benzene rings is 2. The van der Waals surface area contributed by atoms with Gasteiger partial charge in [0.15, 0.2) is 5.82 Å². The lowest BCUT2D eigenvalue weighted by Gasteiger charge is -2.05. The maximum absolute atomic E-state index is 14.3. The van der Waals surface area contributed by atoms with Crippen molar-refractivity contribution in [3.63, 3.8) is 0 Å². The third kappa shape index (κ3) is 1.97. The summed E-state index contributed by atoms with van der Waals surface area (Å²) in [4.78, 5) is 4.23. The number of hydrogen-bond acceptors (Lipinski definition) is 1. The molecule has 3 aromatic rings. The maximum Gasteiger partial charge on any atom is 0.152 e. The molecule has 0 radical (unpaired) electrons. The van der Waals surface area contributed by atoms with Crippen molar-refractivity contribution in [3.05, 3.63) is 77.9 Å². The Bertz CT molecular complexity index is 677. The van der Waals surface area contributed by atoms with Crippen molar-refractivity contribution in [2.45, 2.75) is 6.42 Å². The van der Waals surface area contributed by atoms with Crippen molar-refractivity contribution in [2.75, 3.05) is 0 Å². The molecule has 2 aromatic carbocycles. The number of nitrogens with zero attached hydrogens (tertiary/aromatic N) is 1. The fourth-order valence-corrected chi connectivity index (χ4v) is 2.08. The number of pyridine rings is 1. The SMILES string of the molecule is Fc1c(Cc2ccccc2)ncc2ccccc12. The van der Waals surface area contributed by atoms with Gasteiger partial charge in [-0.3, -0.25) is 4.98 Å². The topological polar surface area (TPSA) is 12.9 Å². The van der Waals surface area contributed by atoms with E-state index in [1.54, 1.807) is 12.3 Å². The van der Waals surface area contributed by atoms with Gasteiger partial charge in [-0.05, 0) is 5.56 Å². The molecule has 0 amide bonds. The van der Waals surface area contributed by atoms with Crippen LogP contribution in [0.3, 0.4) is 0 Å². The zero-order valence-corrected chi connectivity index (χ0v) is 9.81. The van der Waals surface area contributed by atoms with Gasteiger partial charge in [0.2, 0.25) is 0 Å². The fraction of sp³-hybridized carbons (Fsp3) is 0.0625. The molecule has 0 aliphatic carbocycles. The predicted molar refractivity (Wildman–Crippen MR) is 70.9 cm³/mol. The summed E-state index contributed by atoms with van der Waals surface area (Å²) in [5.74, 6) is -0.211. The molecule has 1 heterocycles. The first kappa shape index (κ1) is 10.9. The second-order valence-corrected chi connectivity index (χ2v) is 4.27. The minimum absolute atomic E-state index is 0.211. The van der Waals surface area contributed by atoms with Gasteiger partial charge in [0, 0.05) is 23.4 Å². The van der Waals surface area contributed by atoms with Crippen molar-refractivity contribution in [2.24, 2.45) is 0 Å². The van der Waals surface area contributed by atoms with E-state index >= 15 is 0 Å². The first-order valence-electron chi connectivity index (χ1n) is 5.90. The van der Waals surface area contributed by atoms with Crippen molar-refractivity contribution < 1.29 is 4.39 Å². The summed E-state index contributed by atoms with van der Waals surface area (Å²) in [6.45, 7) is 0. The third-order valence-electron chi connectivity index (χ3n) is 3.02. The van der Waals surface area contributed by atoms with Crippen molar-refractivity contribution in [1.82, 2.24) is 4.98 Å². The normalized spacial score (nSPS) is 10.7. The molecule has 18 heavy (non-hydrogen) atoms. The van der Waals surface area contributed by atoms with Crippen LogP contribution in [0.4, 0.5) is 4.39 Å². The molecule has 88 valence electrons. The molecule has 0 aliphatic heterocycles. The summed E-state index contributed by atoms with van der Waals surface area (Å²) in [7, 11) is 0. The van der Waals surface area contributed by atoms with Gasteiger partial charge in [-0.1, -0.05) is 54.6 Å². The van der Waals surface area contributed by atoms with E-state index in [0.717, 1.165) is 10.9 Å². The fourth-order valence-electron chi connectivity index (χ4n) is 2.08. The number of halogens is 1. The summed E-state index contributed by atoms with van der Waals surface area (Å²) in [5.41, 5.74) is 1.57. The molecule has 0 atom stereocenters. The molecule has 3 rings (SSSR count). The summed E-state index contributed by atoms with van der Waals surface area (Å²) in [5, 5.41) is 1.48. The molecule has 0 fully saturated rings. The largest absolute Gasteiger partial charge is 0.257 e. The van der Waals surface area contributed by atoms with Crippen LogP contribution in [0.2, 0.25) is 0 Å². The molecular formula is C16H12FN. The Balaban J connectivity index is 2.05. The molecule has 0 aliphatic rings. The van der Waals surface area contributed by atoms with Crippen LogP contribution in [0.15, 0.2) is 60.8 Å². The van der Waals surface area contributed by atoms with Crippen molar-refractivity contribution in [3.8, 4) is 0 Å². The third-order valence-corrected chi connectivity index (χ3v) is 3.02. The van der Waals surface area contributed by atoms with Crippen LogP contribution in [0, 0.1) is 5.82 Å². The highest BCUT2D eigenvalue weighted by atomic mass is 19.1. The molecule has 0 unspecified atom stereocenters. The lowest BCUT2D eigenvalue weighted by atomic mass is 10.1. The first-order valence-corrected chi connectivity index (χ1v) is 5.90. The minimum Gasteiger partial charge on any atom is -0.257 e. The lowest BCUT2D eigenvalue weighted by Crippen LogP contribution is -1.97. The molecular weight excluding hydrogens is 225 g/mol. The lowest BCUT2D eigenvalue weighted by molar-refractivity contribution is 0.617. The van der Waals surface area contributed by atoms with Crippen LogP contribution in [-0.2, 0) is 6.42 Å². The quantitative estimate of drug-likeness (QED) is 0.657. The van der Waals surface area contributed by atoms with Gasteiger partial charge in [0.1, 0.15) is 0 Å². The highest BCUT2D eigenvalue weighted by Crippen LogP contribution is 2.20. The van der Waals surface area contributed by atoms with Crippen molar-refractivity contribution >= 4 is 10.8 Å². The van der Waals surface area contributed by atoms with E-state index in [-0.39, 0.29) is 5.82 Å². The van der Waals surface area contributed by atoms with Crippen molar-refractivity contribution in [1.29, 1.82) is 0 Å². The Labute approximate surface area is 105 Å². The molecule has 0 N–H and O–H groups in total. The predicted octanol–water partition coefficient (Wildman–Crippen LogP) is 3.96.